The number of rotatable bonds is 5. The highest BCUT2D eigenvalue weighted by Gasteiger charge is 2.29. The summed E-state index contributed by atoms with van der Waals surface area (Å²) in [6.45, 7) is 1.01. The fourth-order valence-electron chi connectivity index (χ4n) is 3.32. The van der Waals surface area contributed by atoms with E-state index in [4.69, 9.17) is 9.47 Å². The molecule has 0 bridgehead atoms. The molecule has 3 rings (SSSR count). The molecule has 2 amide bonds. The molecule has 1 saturated heterocycles. The van der Waals surface area contributed by atoms with Crippen LogP contribution < -0.4 is 14.8 Å². The van der Waals surface area contributed by atoms with Gasteiger partial charge in [0, 0.05) is 24.3 Å². The summed E-state index contributed by atoms with van der Waals surface area (Å²) in [6.07, 6.45) is 1.54. The molecule has 1 fully saturated rings. The largest absolute Gasteiger partial charge is 0.495 e. The first-order chi connectivity index (χ1) is 13.5. The van der Waals surface area contributed by atoms with Gasteiger partial charge in [0.1, 0.15) is 16.0 Å². The Bertz CT molecular complexity index is 832. The van der Waals surface area contributed by atoms with Crippen LogP contribution in [0.2, 0.25) is 0 Å². The molecule has 1 N–H and O–H groups in total. The number of hydrogen-bond acceptors (Lipinski definition) is 4. The number of piperidine rings is 1. The van der Waals surface area contributed by atoms with Crippen LogP contribution in [-0.2, 0) is 4.79 Å². The van der Waals surface area contributed by atoms with Gasteiger partial charge < -0.3 is 19.7 Å². The number of carbonyl (C=O) groups is 2. The lowest BCUT2D eigenvalue weighted by atomic mass is 9.96. The molecule has 1 atom stereocenters. The van der Waals surface area contributed by atoms with Gasteiger partial charge in [-0.25, -0.2) is 0 Å². The van der Waals surface area contributed by atoms with Crippen molar-refractivity contribution < 1.29 is 19.1 Å². The zero-order valence-corrected chi connectivity index (χ0v) is 17.5. The number of methoxy groups -OCH3 is 2. The van der Waals surface area contributed by atoms with E-state index in [1.54, 1.807) is 31.3 Å². The minimum atomic E-state index is -0.239. The Morgan fingerprint density at radius 2 is 1.75 bits per heavy atom. The molecule has 0 aromatic heterocycles. The van der Waals surface area contributed by atoms with Crippen molar-refractivity contribution in [3.05, 3.63) is 52.5 Å². The van der Waals surface area contributed by atoms with Crippen LogP contribution in [0.4, 0.5) is 5.69 Å². The Kier molecular flexibility index (Phi) is 6.57. The molecule has 1 unspecified atom stereocenters. The lowest BCUT2D eigenvalue weighted by Gasteiger charge is -2.32. The smallest absolute Gasteiger partial charge is 0.254 e. The number of benzene rings is 2. The van der Waals surface area contributed by atoms with Gasteiger partial charge in [-0.1, -0.05) is 18.2 Å². The SMILES string of the molecule is COc1cc(C(=O)N2CCCC(C(=O)Nc3ccccc3)C2)cc(OC)c1Br. The van der Waals surface area contributed by atoms with Crippen LogP contribution in [0.5, 0.6) is 11.5 Å². The number of nitrogens with one attached hydrogen (secondary N) is 1. The first-order valence-corrected chi connectivity index (χ1v) is 9.89. The van der Waals surface area contributed by atoms with Gasteiger partial charge >= 0.3 is 0 Å². The number of ether oxygens (including phenoxy) is 2. The maximum Gasteiger partial charge on any atom is 0.254 e. The van der Waals surface area contributed by atoms with Crippen LogP contribution >= 0.6 is 15.9 Å². The molecule has 1 heterocycles. The second-order valence-electron chi connectivity index (χ2n) is 6.64. The van der Waals surface area contributed by atoms with Crippen molar-refractivity contribution in [2.45, 2.75) is 12.8 Å². The quantitative estimate of drug-likeness (QED) is 0.754. The fraction of sp³-hybridized carbons (Fsp3) is 0.333. The first kappa shape index (κ1) is 20.2. The van der Waals surface area contributed by atoms with Crippen LogP contribution in [0.15, 0.2) is 46.9 Å². The number of carbonyl (C=O) groups excluding carboxylic acids is 2. The van der Waals surface area contributed by atoms with E-state index in [-0.39, 0.29) is 17.7 Å². The molecule has 28 heavy (non-hydrogen) atoms. The first-order valence-electron chi connectivity index (χ1n) is 9.10. The standard InChI is InChI=1S/C21H23BrN2O4/c1-27-17-11-15(12-18(28-2)19(17)22)21(26)24-10-6-7-14(13-24)20(25)23-16-8-4-3-5-9-16/h3-5,8-9,11-12,14H,6-7,10,13H2,1-2H3,(H,23,25). The van der Waals surface area contributed by atoms with E-state index in [0.717, 1.165) is 18.5 Å². The summed E-state index contributed by atoms with van der Waals surface area (Å²) in [5, 5.41) is 2.93. The number of hydrogen-bond donors (Lipinski definition) is 1. The summed E-state index contributed by atoms with van der Waals surface area (Å²) in [4.78, 5) is 27.4. The van der Waals surface area contributed by atoms with E-state index >= 15 is 0 Å². The van der Waals surface area contributed by atoms with Crippen LogP contribution in [0.25, 0.3) is 0 Å². The number of anilines is 1. The molecular weight excluding hydrogens is 424 g/mol. The van der Waals surface area contributed by atoms with Gasteiger partial charge in [0.2, 0.25) is 5.91 Å². The molecule has 1 aliphatic heterocycles. The predicted octanol–water partition coefficient (Wildman–Crippen LogP) is 3.96. The number of para-hydroxylation sites is 1. The van der Waals surface area contributed by atoms with Crippen LogP contribution in [-0.4, -0.2) is 44.0 Å². The summed E-state index contributed by atoms with van der Waals surface area (Å²) in [6, 6.07) is 12.7. The van der Waals surface area contributed by atoms with Gasteiger partial charge in [0.15, 0.2) is 0 Å². The van der Waals surface area contributed by atoms with Gasteiger partial charge in [-0.2, -0.15) is 0 Å². The minimum absolute atomic E-state index is 0.0605. The second-order valence-corrected chi connectivity index (χ2v) is 7.43. The van der Waals surface area contributed by atoms with E-state index in [0.29, 0.717) is 34.6 Å². The Morgan fingerprint density at radius 3 is 2.36 bits per heavy atom. The molecular formula is C21H23BrN2O4. The zero-order valence-electron chi connectivity index (χ0n) is 15.9. The van der Waals surface area contributed by atoms with E-state index in [1.807, 2.05) is 30.3 Å². The van der Waals surface area contributed by atoms with Crippen molar-refractivity contribution in [2.75, 3.05) is 32.6 Å². The summed E-state index contributed by atoms with van der Waals surface area (Å²) in [5.74, 6) is 0.615. The van der Waals surface area contributed by atoms with Crippen LogP contribution in [0.3, 0.4) is 0 Å². The Balaban J connectivity index is 1.73. The van der Waals surface area contributed by atoms with Gasteiger partial charge in [0.05, 0.1) is 20.1 Å². The molecule has 6 nitrogen and oxygen atoms in total. The van der Waals surface area contributed by atoms with Crippen molar-refractivity contribution >= 4 is 33.4 Å². The predicted molar refractivity (Wildman–Crippen MR) is 111 cm³/mol. The summed E-state index contributed by atoms with van der Waals surface area (Å²) in [7, 11) is 3.08. The normalized spacial score (nSPS) is 16.4. The van der Waals surface area contributed by atoms with Gasteiger partial charge in [-0.3, -0.25) is 9.59 Å². The highest BCUT2D eigenvalue weighted by molar-refractivity contribution is 9.10. The molecule has 0 radical (unpaired) electrons. The van der Waals surface area contributed by atoms with E-state index < -0.39 is 0 Å². The van der Waals surface area contributed by atoms with Gasteiger partial charge in [0.25, 0.3) is 5.91 Å². The Hall–Kier alpha value is -2.54. The van der Waals surface area contributed by atoms with Crippen molar-refractivity contribution in [1.82, 2.24) is 4.90 Å². The highest BCUT2D eigenvalue weighted by atomic mass is 79.9. The molecule has 2 aromatic rings. The maximum absolute atomic E-state index is 13.0. The van der Waals surface area contributed by atoms with E-state index in [1.165, 1.54) is 0 Å². The summed E-state index contributed by atoms with van der Waals surface area (Å²) >= 11 is 3.41. The van der Waals surface area contributed by atoms with Crippen molar-refractivity contribution in [2.24, 2.45) is 5.92 Å². The number of amides is 2. The average molecular weight is 447 g/mol. The number of halogens is 1. The topological polar surface area (TPSA) is 67.9 Å². The number of nitrogens with zero attached hydrogens (tertiary/aromatic N) is 1. The lowest BCUT2D eigenvalue weighted by Crippen LogP contribution is -2.43. The Morgan fingerprint density at radius 1 is 1.11 bits per heavy atom. The maximum atomic E-state index is 13.0. The molecule has 148 valence electrons. The zero-order chi connectivity index (χ0) is 20.1. The van der Waals surface area contributed by atoms with Crippen LogP contribution in [0, 0.1) is 5.92 Å². The number of likely N-dealkylation sites (tertiary alicyclic amines) is 1. The average Bonchev–Trinajstić information content (AvgIpc) is 2.74. The van der Waals surface area contributed by atoms with Crippen LogP contribution in [0.1, 0.15) is 23.2 Å². The molecule has 2 aromatic carbocycles. The molecule has 1 aliphatic rings. The van der Waals surface area contributed by atoms with Crippen molar-refractivity contribution in [3.63, 3.8) is 0 Å². The Labute approximate surface area is 172 Å². The minimum Gasteiger partial charge on any atom is -0.495 e. The van der Waals surface area contributed by atoms with E-state index in [9.17, 15) is 9.59 Å². The van der Waals surface area contributed by atoms with E-state index in [2.05, 4.69) is 21.2 Å². The summed E-state index contributed by atoms with van der Waals surface area (Å²) in [5.41, 5.74) is 1.24. The van der Waals surface area contributed by atoms with Gasteiger partial charge in [-0.15, -0.1) is 0 Å². The van der Waals surface area contributed by atoms with Crippen molar-refractivity contribution in [3.8, 4) is 11.5 Å². The lowest BCUT2D eigenvalue weighted by molar-refractivity contribution is -0.121. The van der Waals surface area contributed by atoms with Gasteiger partial charge in [-0.05, 0) is 53.0 Å². The molecule has 7 heteroatoms. The molecule has 0 saturated carbocycles. The molecule has 0 spiro atoms. The fourth-order valence-corrected chi connectivity index (χ4v) is 3.87. The highest BCUT2D eigenvalue weighted by Crippen LogP contribution is 2.36. The third-order valence-corrected chi connectivity index (χ3v) is 5.59. The monoisotopic (exact) mass is 446 g/mol. The summed E-state index contributed by atoms with van der Waals surface area (Å²) < 4.78 is 11.3. The molecule has 0 aliphatic carbocycles. The third-order valence-electron chi connectivity index (χ3n) is 4.81. The van der Waals surface area contributed by atoms with Crippen molar-refractivity contribution in [1.29, 1.82) is 0 Å². The second kappa shape index (κ2) is 9.10. The third kappa shape index (κ3) is 4.47.